The maximum absolute atomic E-state index is 4.65. The van der Waals surface area contributed by atoms with Crippen LogP contribution in [0, 0.1) is 13.8 Å². The van der Waals surface area contributed by atoms with Gasteiger partial charge < -0.3 is 5.32 Å². The summed E-state index contributed by atoms with van der Waals surface area (Å²) in [6.07, 6.45) is 7.27. The summed E-state index contributed by atoms with van der Waals surface area (Å²) in [5, 5.41) is 3.61. The molecule has 2 aromatic rings. The maximum atomic E-state index is 4.65. The van der Waals surface area contributed by atoms with E-state index < -0.39 is 0 Å². The third-order valence-corrected chi connectivity index (χ3v) is 4.43. The van der Waals surface area contributed by atoms with E-state index in [0.29, 0.717) is 6.04 Å². The Hall–Kier alpha value is -1.29. The smallest absolute Gasteiger partial charge is 0.207 e. The van der Waals surface area contributed by atoms with Gasteiger partial charge in [-0.2, -0.15) is 0 Å². The molecule has 1 aromatic carbocycles. The zero-order valence-corrected chi connectivity index (χ0v) is 13.6. The number of hydrogen-bond acceptors (Lipinski definition) is 2. The van der Waals surface area contributed by atoms with E-state index in [2.05, 4.69) is 62.1 Å². The largest absolute Gasteiger partial charge is 0.353 e. The Morgan fingerprint density at radius 1 is 1.25 bits per heavy atom. The van der Waals surface area contributed by atoms with Gasteiger partial charge in [0.25, 0.3) is 0 Å². The topological polar surface area (TPSA) is 29.9 Å². The second-order valence-electron chi connectivity index (χ2n) is 5.63. The fourth-order valence-corrected chi connectivity index (χ4v) is 3.40. The Balaban J connectivity index is 1.95. The molecule has 1 aliphatic rings. The van der Waals surface area contributed by atoms with E-state index in [4.69, 9.17) is 0 Å². The van der Waals surface area contributed by atoms with Crippen molar-refractivity contribution in [2.45, 2.75) is 45.6 Å². The van der Waals surface area contributed by atoms with Gasteiger partial charge in [0.1, 0.15) is 0 Å². The second-order valence-corrected chi connectivity index (χ2v) is 6.55. The van der Waals surface area contributed by atoms with Crippen LogP contribution in [-0.2, 0) is 0 Å². The summed E-state index contributed by atoms with van der Waals surface area (Å²) in [5.41, 5.74) is 3.48. The Morgan fingerprint density at radius 3 is 2.70 bits per heavy atom. The van der Waals surface area contributed by atoms with Crippen LogP contribution in [0.15, 0.2) is 28.9 Å². The van der Waals surface area contributed by atoms with Crippen molar-refractivity contribution < 1.29 is 0 Å². The molecule has 1 aliphatic carbocycles. The number of halogens is 1. The lowest BCUT2D eigenvalue weighted by Crippen LogP contribution is -2.17. The van der Waals surface area contributed by atoms with Crippen molar-refractivity contribution in [2.24, 2.45) is 0 Å². The molecule has 3 rings (SSSR count). The lowest BCUT2D eigenvalue weighted by atomic mass is 10.2. The van der Waals surface area contributed by atoms with Gasteiger partial charge >= 0.3 is 0 Å². The number of imidazole rings is 1. The molecular formula is C16H20BrN3. The summed E-state index contributed by atoms with van der Waals surface area (Å²) in [7, 11) is 0. The molecule has 0 bridgehead atoms. The minimum Gasteiger partial charge on any atom is -0.353 e. The van der Waals surface area contributed by atoms with E-state index in [1.807, 2.05) is 6.92 Å². The van der Waals surface area contributed by atoms with Crippen molar-refractivity contribution in [1.29, 1.82) is 0 Å². The molecular weight excluding hydrogens is 314 g/mol. The van der Waals surface area contributed by atoms with Gasteiger partial charge in [0.2, 0.25) is 5.95 Å². The number of rotatable bonds is 3. The molecule has 0 unspecified atom stereocenters. The summed E-state index contributed by atoms with van der Waals surface area (Å²) < 4.78 is 3.29. The lowest BCUT2D eigenvalue weighted by Gasteiger charge is -2.16. The third-order valence-electron chi connectivity index (χ3n) is 3.93. The first-order valence-corrected chi connectivity index (χ1v) is 8.02. The van der Waals surface area contributed by atoms with Gasteiger partial charge in [-0.3, -0.25) is 4.57 Å². The fourth-order valence-electron chi connectivity index (χ4n) is 2.93. The number of nitrogens with zero attached hydrogens (tertiary/aromatic N) is 2. The van der Waals surface area contributed by atoms with Gasteiger partial charge in [-0.15, -0.1) is 0 Å². The zero-order chi connectivity index (χ0) is 14.1. The Bertz CT molecular complexity index is 612. The number of aryl methyl sites for hydroxylation is 2. The number of anilines is 1. The van der Waals surface area contributed by atoms with Crippen LogP contribution in [0.3, 0.4) is 0 Å². The van der Waals surface area contributed by atoms with E-state index in [-0.39, 0.29) is 0 Å². The van der Waals surface area contributed by atoms with Crippen LogP contribution in [0.4, 0.5) is 5.95 Å². The molecule has 3 nitrogen and oxygen atoms in total. The highest BCUT2D eigenvalue weighted by Crippen LogP contribution is 2.26. The molecule has 0 aliphatic heterocycles. The van der Waals surface area contributed by atoms with E-state index >= 15 is 0 Å². The summed E-state index contributed by atoms with van der Waals surface area (Å²) in [4.78, 5) is 4.65. The fraction of sp³-hybridized carbons (Fsp3) is 0.438. The van der Waals surface area contributed by atoms with Gasteiger partial charge in [0.15, 0.2) is 0 Å². The minimum absolute atomic E-state index is 0.575. The molecule has 0 atom stereocenters. The average Bonchev–Trinajstić information content (AvgIpc) is 3.00. The molecule has 1 fully saturated rings. The molecule has 1 heterocycles. The Kier molecular flexibility index (Phi) is 3.83. The predicted octanol–water partition coefficient (Wildman–Crippen LogP) is 4.61. The van der Waals surface area contributed by atoms with Gasteiger partial charge in [0, 0.05) is 16.7 Å². The molecule has 0 radical (unpaired) electrons. The van der Waals surface area contributed by atoms with Crippen molar-refractivity contribution in [3.05, 3.63) is 40.1 Å². The molecule has 1 aromatic heterocycles. The van der Waals surface area contributed by atoms with Crippen LogP contribution in [0.25, 0.3) is 5.69 Å². The molecule has 4 heteroatoms. The highest BCUT2D eigenvalue weighted by Gasteiger charge is 2.18. The highest BCUT2D eigenvalue weighted by atomic mass is 79.9. The molecule has 0 spiro atoms. The zero-order valence-electron chi connectivity index (χ0n) is 12.0. The van der Waals surface area contributed by atoms with Crippen molar-refractivity contribution in [3.8, 4) is 5.69 Å². The summed E-state index contributed by atoms with van der Waals surface area (Å²) in [6.45, 7) is 4.18. The van der Waals surface area contributed by atoms with Crippen molar-refractivity contribution >= 4 is 21.9 Å². The standard InChI is InChI=1S/C16H20BrN3/c1-11-9-13(17)7-8-15(11)20-10-12(2)18-16(20)19-14-5-3-4-6-14/h7-10,14H,3-6H2,1-2H3,(H,18,19). The first kappa shape index (κ1) is 13.7. The van der Waals surface area contributed by atoms with Crippen LogP contribution in [-0.4, -0.2) is 15.6 Å². The molecule has 0 saturated heterocycles. The maximum Gasteiger partial charge on any atom is 0.207 e. The first-order chi connectivity index (χ1) is 9.63. The molecule has 0 amide bonds. The Labute approximate surface area is 128 Å². The van der Waals surface area contributed by atoms with Crippen molar-refractivity contribution in [2.75, 3.05) is 5.32 Å². The molecule has 106 valence electrons. The molecule has 1 saturated carbocycles. The average molecular weight is 334 g/mol. The lowest BCUT2D eigenvalue weighted by molar-refractivity contribution is 0.740. The van der Waals surface area contributed by atoms with Crippen molar-refractivity contribution in [3.63, 3.8) is 0 Å². The van der Waals surface area contributed by atoms with Crippen molar-refractivity contribution in [1.82, 2.24) is 9.55 Å². The number of benzene rings is 1. The van der Waals surface area contributed by atoms with Crippen LogP contribution < -0.4 is 5.32 Å². The summed E-state index contributed by atoms with van der Waals surface area (Å²) >= 11 is 3.52. The number of aromatic nitrogens is 2. The van der Waals surface area contributed by atoms with E-state index in [0.717, 1.165) is 16.1 Å². The number of hydrogen-bond donors (Lipinski definition) is 1. The second kappa shape index (κ2) is 5.60. The normalized spacial score (nSPS) is 15.8. The van der Waals surface area contributed by atoms with Gasteiger partial charge in [-0.05, 0) is 50.5 Å². The van der Waals surface area contributed by atoms with Crippen LogP contribution in [0.1, 0.15) is 36.9 Å². The van der Waals surface area contributed by atoms with Crippen LogP contribution in [0.2, 0.25) is 0 Å². The van der Waals surface area contributed by atoms with E-state index in [1.54, 1.807) is 0 Å². The van der Waals surface area contributed by atoms with Gasteiger partial charge in [-0.1, -0.05) is 28.8 Å². The summed E-state index contributed by atoms with van der Waals surface area (Å²) in [6, 6.07) is 6.94. The monoisotopic (exact) mass is 333 g/mol. The van der Waals surface area contributed by atoms with Crippen LogP contribution in [0.5, 0.6) is 0 Å². The molecule has 1 N–H and O–H groups in total. The summed E-state index contributed by atoms with van der Waals surface area (Å²) in [5.74, 6) is 0.972. The van der Waals surface area contributed by atoms with Gasteiger partial charge in [-0.25, -0.2) is 4.98 Å². The third kappa shape index (κ3) is 2.75. The number of nitrogens with one attached hydrogen (secondary N) is 1. The highest BCUT2D eigenvalue weighted by molar-refractivity contribution is 9.10. The predicted molar refractivity (Wildman–Crippen MR) is 86.6 cm³/mol. The van der Waals surface area contributed by atoms with E-state index in [1.165, 1.54) is 36.9 Å². The first-order valence-electron chi connectivity index (χ1n) is 7.22. The van der Waals surface area contributed by atoms with Gasteiger partial charge in [0.05, 0.1) is 11.4 Å². The minimum atomic E-state index is 0.575. The van der Waals surface area contributed by atoms with Crippen LogP contribution >= 0.6 is 15.9 Å². The molecule has 20 heavy (non-hydrogen) atoms. The SMILES string of the molecule is Cc1cn(-c2ccc(Br)cc2C)c(NC2CCCC2)n1. The van der Waals surface area contributed by atoms with E-state index in [9.17, 15) is 0 Å². The Morgan fingerprint density at radius 2 is 2.00 bits per heavy atom. The quantitative estimate of drug-likeness (QED) is 0.889.